The molecule has 2 rings (SSSR count). The molecule has 116 valence electrons. The number of carbonyl (C=O) groups is 1. The van der Waals surface area contributed by atoms with Crippen LogP contribution in [0, 0.1) is 5.82 Å². The number of esters is 1. The molecule has 0 N–H and O–H groups in total. The van der Waals surface area contributed by atoms with Crippen LogP contribution in [0.2, 0.25) is 0 Å². The van der Waals surface area contributed by atoms with Crippen molar-refractivity contribution in [3.05, 3.63) is 29.6 Å². The van der Waals surface area contributed by atoms with Crippen molar-refractivity contribution >= 4 is 11.7 Å². The summed E-state index contributed by atoms with van der Waals surface area (Å²) in [6, 6.07) is 4.49. The van der Waals surface area contributed by atoms with E-state index in [0.29, 0.717) is 6.42 Å². The van der Waals surface area contributed by atoms with Crippen molar-refractivity contribution < 1.29 is 13.9 Å². The van der Waals surface area contributed by atoms with E-state index in [0.717, 1.165) is 17.7 Å². The highest BCUT2D eigenvalue weighted by Gasteiger charge is 2.42. The molecule has 0 bridgehead atoms. The number of nitrogens with zero attached hydrogens (tertiary/aromatic N) is 1. The summed E-state index contributed by atoms with van der Waals surface area (Å²) >= 11 is 0. The van der Waals surface area contributed by atoms with Crippen LogP contribution in [-0.2, 0) is 9.53 Å². The minimum absolute atomic E-state index is 0.181. The van der Waals surface area contributed by atoms with Gasteiger partial charge < -0.3 is 9.64 Å². The van der Waals surface area contributed by atoms with Crippen LogP contribution in [0.15, 0.2) is 18.2 Å². The van der Waals surface area contributed by atoms with Gasteiger partial charge in [-0.1, -0.05) is 13.8 Å². The highest BCUT2D eigenvalue weighted by Crippen LogP contribution is 2.45. The molecule has 4 heteroatoms. The number of hydrogen-bond donors (Lipinski definition) is 0. The minimum atomic E-state index is -0.346. The average molecular weight is 293 g/mol. The lowest BCUT2D eigenvalue weighted by Crippen LogP contribution is -2.56. The summed E-state index contributed by atoms with van der Waals surface area (Å²) in [5.74, 6) is -0.209. The number of hydrogen-bond acceptors (Lipinski definition) is 3. The Hall–Kier alpha value is -1.58. The number of benzene rings is 1. The Morgan fingerprint density at radius 2 is 2.19 bits per heavy atom. The number of carbonyl (C=O) groups excluding carboxylic acids is 1. The summed E-state index contributed by atoms with van der Waals surface area (Å²) in [6.07, 6.45) is 1.53. The Balaban J connectivity index is 2.57. The standard InChI is InChI=1S/C17H24FNO2/c1-6-14(16(20)21-5)19-15-8-7-12(18)9-13(15)11(2)10-17(19,3)4/h7-9,11,14H,6,10H2,1-5H3/t11-,14+/m1/s1. The molecule has 21 heavy (non-hydrogen) atoms. The fraction of sp³-hybridized carbons (Fsp3) is 0.588. The highest BCUT2D eigenvalue weighted by atomic mass is 19.1. The van der Waals surface area contributed by atoms with Crippen molar-refractivity contribution in [3.63, 3.8) is 0 Å². The van der Waals surface area contributed by atoms with Crippen LogP contribution in [0.1, 0.15) is 52.0 Å². The Bertz CT molecular complexity index is 542. The van der Waals surface area contributed by atoms with Crippen LogP contribution < -0.4 is 4.90 Å². The molecule has 2 atom stereocenters. The predicted octanol–water partition coefficient (Wildman–Crippen LogP) is 3.87. The maximum atomic E-state index is 13.6. The zero-order valence-corrected chi connectivity index (χ0v) is 13.4. The first-order valence-electron chi connectivity index (χ1n) is 7.48. The van der Waals surface area contributed by atoms with Crippen LogP contribution >= 0.6 is 0 Å². The van der Waals surface area contributed by atoms with Gasteiger partial charge in [-0.25, -0.2) is 9.18 Å². The SMILES string of the molecule is CC[C@@H](C(=O)OC)N1c2ccc(F)cc2[C@H](C)CC1(C)C. The molecule has 0 aliphatic carbocycles. The topological polar surface area (TPSA) is 29.5 Å². The molecule has 0 unspecified atom stereocenters. The summed E-state index contributed by atoms with van der Waals surface area (Å²) in [7, 11) is 1.41. The zero-order chi connectivity index (χ0) is 15.8. The van der Waals surface area contributed by atoms with E-state index in [9.17, 15) is 9.18 Å². The van der Waals surface area contributed by atoms with E-state index in [1.807, 2.05) is 6.92 Å². The minimum Gasteiger partial charge on any atom is -0.467 e. The normalized spacial score (nSPS) is 21.6. The number of halogens is 1. The largest absolute Gasteiger partial charge is 0.467 e. The van der Waals surface area contributed by atoms with E-state index >= 15 is 0 Å². The van der Waals surface area contributed by atoms with Crippen LogP contribution in [0.4, 0.5) is 10.1 Å². The molecule has 0 amide bonds. The number of anilines is 1. The second-order valence-corrected chi connectivity index (χ2v) is 6.44. The second-order valence-electron chi connectivity index (χ2n) is 6.44. The van der Waals surface area contributed by atoms with E-state index in [4.69, 9.17) is 4.74 Å². The molecule has 3 nitrogen and oxygen atoms in total. The third-order valence-electron chi connectivity index (χ3n) is 4.41. The van der Waals surface area contributed by atoms with Gasteiger partial charge in [-0.2, -0.15) is 0 Å². The zero-order valence-electron chi connectivity index (χ0n) is 13.4. The highest BCUT2D eigenvalue weighted by molar-refractivity contribution is 5.81. The lowest BCUT2D eigenvalue weighted by Gasteiger charge is -2.50. The quantitative estimate of drug-likeness (QED) is 0.792. The fourth-order valence-electron chi connectivity index (χ4n) is 3.60. The molecule has 0 saturated heterocycles. The molecule has 1 heterocycles. The number of fused-ring (bicyclic) bond motifs is 1. The van der Waals surface area contributed by atoms with Crippen LogP contribution in [0.3, 0.4) is 0 Å². The molecule has 0 saturated carbocycles. The van der Waals surface area contributed by atoms with Crippen molar-refractivity contribution in [2.45, 2.75) is 58.0 Å². The first kappa shape index (κ1) is 15.8. The van der Waals surface area contributed by atoms with Crippen molar-refractivity contribution in [3.8, 4) is 0 Å². The summed E-state index contributed by atoms with van der Waals surface area (Å²) in [4.78, 5) is 14.3. The summed E-state index contributed by atoms with van der Waals surface area (Å²) in [5.41, 5.74) is 1.73. The predicted molar refractivity (Wildman–Crippen MR) is 82.1 cm³/mol. The smallest absolute Gasteiger partial charge is 0.328 e. The molecule has 1 aromatic rings. The van der Waals surface area contributed by atoms with E-state index in [1.54, 1.807) is 12.1 Å². The van der Waals surface area contributed by atoms with Crippen LogP contribution in [0.25, 0.3) is 0 Å². The third kappa shape index (κ3) is 2.76. The van der Waals surface area contributed by atoms with Gasteiger partial charge in [0.15, 0.2) is 0 Å². The van der Waals surface area contributed by atoms with Gasteiger partial charge in [0.05, 0.1) is 7.11 Å². The van der Waals surface area contributed by atoms with Crippen molar-refractivity contribution in [1.82, 2.24) is 0 Å². The molecule has 0 fully saturated rings. The Morgan fingerprint density at radius 3 is 2.76 bits per heavy atom. The van der Waals surface area contributed by atoms with E-state index < -0.39 is 0 Å². The summed E-state index contributed by atoms with van der Waals surface area (Å²) < 4.78 is 18.5. The van der Waals surface area contributed by atoms with Gasteiger partial charge in [0, 0.05) is 11.2 Å². The van der Waals surface area contributed by atoms with Crippen LogP contribution in [0.5, 0.6) is 0 Å². The van der Waals surface area contributed by atoms with Crippen molar-refractivity contribution in [2.24, 2.45) is 0 Å². The van der Waals surface area contributed by atoms with E-state index in [-0.39, 0.29) is 29.3 Å². The monoisotopic (exact) mass is 293 g/mol. The molecular formula is C17H24FNO2. The molecule has 1 aliphatic rings. The maximum Gasteiger partial charge on any atom is 0.328 e. The first-order valence-corrected chi connectivity index (χ1v) is 7.48. The Kier molecular flexibility index (Phi) is 4.26. The van der Waals surface area contributed by atoms with Gasteiger partial charge in [-0.15, -0.1) is 0 Å². The maximum absolute atomic E-state index is 13.6. The Morgan fingerprint density at radius 1 is 1.52 bits per heavy atom. The van der Waals surface area contributed by atoms with E-state index in [1.165, 1.54) is 13.2 Å². The molecule has 0 spiro atoms. The van der Waals surface area contributed by atoms with Gasteiger partial charge >= 0.3 is 5.97 Å². The van der Waals surface area contributed by atoms with Crippen LogP contribution in [-0.4, -0.2) is 24.7 Å². The Labute approximate surface area is 126 Å². The molecule has 0 aromatic heterocycles. The fourth-order valence-corrected chi connectivity index (χ4v) is 3.60. The number of rotatable bonds is 3. The van der Waals surface area contributed by atoms with Crippen molar-refractivity contribution in [1.29, 1.82) is 0 Å². The molecular weight excluding hydrogens is 269 g/mol. The summed E-state index contributed by atoms with van der Waals surface area (Å²) in [5, 5.41) is 0. The van der Waals surface area contributed by atoms with Gasteiger partial charge in [-0.3, -0.25) is 0 Å². The first-order chi connectivity index (χ1) is 9.81. The summed E-state index contributed by atoms with van der Waals surface area (Å²) in [6.45, 7) is 8.33. The lowest BCUT2D eigenvalue weighted by atomic mass is 9.79. The van der Waals surface area contributed by atoms with Gasteiger partial charge in [0.2, 0.25) is 0 Å². The van der Waals surface area contributed by atoms with Crippen molar-refractivity contribution in [2.75, 3.05) is 12.0 Å². The average Bonchev–Trinajstić information content (AvgIpc) is 2.42. The van der Waals surface area contributed by atoms with Gasteiger partial charge in [0.25, 0.3) is 0 Å². The van der Waals surface area contributed by atoms with Gasteiger partial charge in [-0.05, 0) is 56.4 Å². The number of ether oxygens (including phenoxy) is 1. The molecule has 0 radical (unpaired) electrons. The lowest BCUT2D eigenvalue weighted by molar-refractivity contribution is -0.142. The van der Waals surface area contributed by atoms with Gasteiger partial charge in [0.1, 0.15) is 11.9 Å². The van der Waals surface area contributed by atoms with E-state index in [2.05, 4.69) is 25.7 Å². The molecule has 1 aliphatic heterocycles. The second kappa shape index (κ2) is 5.66. The third-order valence-corrected chi connectivity index (χ3v) is 4.41. The molecule has 1 aromatic carbocycles. The number of methoxy groups -OCH3 is 1.